The van der Waals surface area contributed by atoms with E-state index in [0.717, 1.165) is 18.1 Å². The van der Waals surface area contributed by atoms with Gasteiger partial charge in [0, 0.05) is 19.3 Å². The Balaban J connectivity index is 2.25. The first-order valence-corrected chi connectivity index (χ1v) is 10.1. The highest BCUT2D eigenvalue weighted by atomic mass is 28.4. The lowest BCUT2D eigenvalue weighted by molar-refractivity contribution is -0.153. The summed E-state index contributed by atoms with van der Waals surface area (Å²) in [4.78, 5) is 23.3. The molecule has 0 radical (unpaired) electrons. The van der Waals surface area contributed by atoms with E-state index in [0.29, 0.717) is 19.3 Å². The van der Waals surface area contributed by atoms with Gasteiger partial charge in [0.2, 0.25) is 0 Å². The first-order chi connectivity index (χ1) is 9.49. The minimum atomic E-state index is -1.83. The lowest BCUT2D eigenvalue weighted by Gasteiger charge is -2.41. The Morgan fingerprint density at radius 1 is 1.30 bits per heavy atom. The van der Waals surface area contributed by atoms with Gasteiger partial charge in [0.15, 0.2) is 19.7 Å². The van der Waals surface area contributed by atoms with Crippen molar-refractivity contribution in [3.05, 3.63) is 12.2 Å². The molecule has 1 fully saturated rings. The van der Waals surface area contributed by atoms with Gasteiger partial charge in [-0.2, -0.15) is 0 Å². The van der Waals surface area contributed by atoms with Crippen LogP contribution in [0.5, 0.6) is 0 Å². The molecule has 1 heterocycles. The number of esters is 1. The van der Waals surface area contributed by atoms with Crippen LogP contribution in [0.4, 0.5) is 0 Å². The van der Waals surface area contributed by atoms with Crippen molar-refractivity contribution in [2.45, 2.75) is 69.9 Å². The minimum Gasteiger partial charge on any atom is -0.452 e. The van der Waals surface area contributed by atoms with Gasteiger partial charge >= 0.3 is 5.97 Å². The molecule has 0 saturated carbocycles. The van der Waals surface area contributed by atoms with Crippen LogP contribution in [-0.4, -0.2) is 31.8 Å². The summed E-state index contributed by atoms with van der Waals surface area (Å²) in [5.41, 5.74) is -0.692. The Kier molecular flexibility index (Phi) is 4.49. The summed E-state index contributed by atoms with van der Waals surface area (Å²) in [5.74, 6) is -0.121. The van der Waals surface area contributed by atoms with Crippen LogP contribution in [0.1, 0.15) is 40.0 Å². The minimum absolute atomic E-state index is 0.0646. The molecule has 5 heteroatoms. The zero-order valence-electron chi connectivity index (χ0n) is 12.6. The van der Waals surface area contributed by atoms with Crippen LogP contribution in [0.25, 0.3) is 0 Å². The van der Waals surface area contributed by atoms with Crippen molar-refractivity contribution in [2.75, 3.05) is 0 Å². The van der Waals surface area contributed by atoms with Crippen molar-refractivity contribution < 1.29 is 18.8 Å². The molecule has 0 aromatic rings. The van der Waals surface area contributed by atoms with E-state index in [-0.39, 0.29) is 17.9 Å². The summed E-state index contributed by atoms with van der Waals surface area (Å²) < 4.78 is 12.0. The van der Waals surface area contributed by atoms with Crippen molar-refractivity contribution in [3.8, 4) is 0 Å². The van der Waals surface area contributed by atoms with Gasteiger partial charge in [-0.1, -0.05) is 20.8 Å². The van der Waals surface area contributed by atoms with Gasteiger partial charge in [-0.05, 0) is 30.3 Å². The smallest absolute Gasteiger partial charge is 0.306 e. The standard InChI is InChI=1S/C15H24O4Si/c1-4-20(5-2,6-3)19-13-11-12(16)7-9-15(13)10-8-14(17)18-15/h7,9,13H,4-6,8,10-11H2,1-3H3/t13-,15+/m0/s1. The molecule has 1 saturated heterocycles. The highest BCUT2D eigenvalue weighted by Crippen LogP contribution is 2.40. The van der Waals surface area contributed by atoms with Gasteiger partial charge in [-0.15, -0.1) is 0 Å². The van der Waals surface area contributed by atoms with Crippen LogP contribution in [0.2, 0.25) is 18.1 Å². The third-order valence-electron chi connectivity index (χ3n) is 4.83. The zero-order valence-corrected chi connectivity index (χ0v) is 13.6. The fourth-order valence-corrected chi connectivity index (χ4v) is 6.05. The maximum atomic E-state index is 11.8. The Labute approximate surface area is 121 Å². The number of allylic oxidation sites excluding steroid dienone is 1. The van der Waals surface area contributed by atoms with E-state index >= 15 is 0 Å². The van der Waals surface area contributed by atoms with Crippen LogP contribution in [0, 0.1) is 0 Å². The van der Waals surface area contributed by atoms with Gasteiger partial charge in [-0.25, -0.2) is 0 Å². The van der Waals surface area contributed by atoms with E-state index in [1.54, 1.807) is 12.2 Å². The van der Waals surface area contributed by atoms with E-state index in [9.17, 15) is 9.59 Å². The van der Waals surface area contributed by atoms with Gasteiger partial charge in [0.05, 0.1) is 6.10 Å². The Hall–Kier alpha value is -0.943. The second kappa shape index (κ2) is 5.82. The van der Waals surface area contributed by atoms with Gasteiger partial charge < -0.3 is 9.16 Å². The van der Waals surface area contributed by atoms with E-state index in [1.165, 1.54) is 0 Å². The molecule has 1 aliphatic heterocycles. The molecule has 0 unspecified atom stereocenters. The van der Waals surface area contributed by atoms with Crippen LogP contribution >= 0.6 is 0 Å². The summed E-state index contributed by atoms with van der Waals surface area (Å²) >= 11 is 0. The second-order valence-corrected chi connectivity index (χ2v) is 10.5. The van der Waals surface area contributed by atoms with Crippen molar-refractivity contribution in [2.24, 2.45) is 0 Å². The third kappa shape index (κ3) is 2.74. The highest BCUT2D eigenvalue weighted by molar-refractivity contribution is 6.73. The number of carbonyl (C=O) groups is 2. The average molecular weight is 296 g/mol. The monoisotopic (exact) mass is 296 g/mol. The molecule has 0 aromatic heterocycles. The summed E-state index contributed by atoms with van der Waals surface area (Å²) in [6.07, 6.45) is 4.38. The fourth-order valence-electron chi connectivity index (χ4n) is 3.16. The average Bonchev–Trinajstić information content (AvgIpc) is 2.83. The number of carbonyl (C=O) groups excluding carboxylic acids is 2. The maximum absolute atomic E-state index is 11.8. The molecule has 0 aromatic carbocycles. The number of rotatable bonds is 5. The molecule has 0 bridgehead atoms. The molecule has 1 spiro atoms. The molecular formula is C15H24O4Si. The first kappa shape index (κ1) is 15.4. The van der Waals surface area contributed by atoms with Crippen molar-refractivity contribution in [1.82, 2.24) is 0 Å². The summed E-state index contributed by atoms with van der Waals surface area (Å²) in [6.45, 7) is 6.48. The number of hydrogen-bond acceptors (Lipinski definition) is 4. The molecule has 4 nitrogen and oxygen atoms in total. The maximum Gasteiger partial charge on any atom is 0.306 e. The highest BCUT2D eigenvalue weighted by Gasteiger charge is 2.50. The van der Waals surface area contributed by atoms with E-state index < -0.39 is 13.9 Å². The molecule has 112 valence electrons. The number of ketones is 1. The fraction of sp³-hybridized carbons (Fsp3) is 0.733. The molecule has 2 atom stereocenters. The van der Waals surface area contributed by atoms with Gasteiger partial charge in [-0.3, -0.25) is 9.59 Å². The number of ether oxygens (including phenoxy) is 1. The molecule has 0 amide bonds. The van der Waals surface area contributed by atoms with E-state index in [4.69, 9.17) is 9.16 Å². The third-order valence-corrected chi connectivity index (χ3v) is 9.48. The lowest BCUT2D eigenvalue weighted by Crippen LogP contribution is -2.52. The summed E-state index contributed by atoms with van der Waals surface area (Å²) in [5, 5.41) is 0. The largest absolute Gasteiger partial charge is 0.452 e. The van der Waals surface area contributed by atoms with Crippen LogP contribution in [0.3, 0.4) is 0 Å². The predicted octanol–water partition coefficient (Wildman–Crippen LogP) is 2.98. The normalized spacial score (nSPS) is 30.1. The van der Waals surface area contributed by atoms with Crippen LogP contribution in [-0.2, 0) is 18.8 Å². The number of hydrogen-bond donors (Lipinski definition) is 0. The Morgan fingerprint density at radius 3 is 2.45 bits per heavy atom. The summed E-state index contributed by atoms with van der Waals surface area (Å²) in [6, 6.07) is 3.08. The molecule has 20 heavy (non-hydrogen) atoms. The predicted molar refractivity (Wildman–Crippen MR) is 78.9 cm³/mol. The molecular weight excluding hydrogens is 272 g/mol. The SMILES string of the molecule is CC[Si](CC)(CC)O[C@H]1CC(=O)C=C[C@@]12CCC(=O)O2. The topological polar surface area (TPSA) is 52.6 Å². The lowest BCUT2D eigenvalue weighted by atomic mass is 9.85. The molecule has 0 N–H and O–H groups in total. The van der Waals surface area contributed by atoms with Crippen LogP contribution < -0.4 is 0 Å². The van der Waals surface area contributed by atoms with Crippen LogP contribution in [0.15, 0.2) is 12.2 Å². The van der Waals surface area contributed by atoms with E-state index in [2.05, 4.69) is 20.8 Å². The van der Waals surface area contributed by atoms with Crippen molar-refractivity contribution in [1.29, 1.82) is 0 Å². The quantitative estimate of drug-likeness (QED) is 0.578. The van der Waals surface area contributed by atoms with Gasteiger partial charge in [0.25, 0.3) is 0 Å². The summed E-state index contributed by atoms with van der Waals surface area (Å²) in [7, 11) is -1.83. The van der Waals surface area contributed by atoms with Crippen molar-refractivity contribution >= 4 is 20.1 Å². The molecule has 2 rings (SSSR count). The van der Waals surface area contributed by atoms with E-state index in [1.807, 2.05) is 0 Å². The first-order valence-electron chi connectivity index (χ1n) is 7.61. The Bertz CT molecular complexity index is 419. The molecule has 1 aliphatic carbocycles. The molecule has 2 aliphatic rings. The Morgan fingerprint density at radius 2 is 1.95 bits per heavy atom. The van der Waals surface area contributed by atoms with Gasteiger partial charge in [0.1, 0.15) is 0 Å². The second-order valence-electron chi connectivity index (χ2n) is 5.78. The van der Waals surface area contributed by atoms with Crippen molar-refractivity contribution in [3.63, 3.8) is 0 Å². The zero-order chi connectivity index (χ0) is 14.8.